The molecule has 1 atom stereocenters. The summed E-state index contributed by atoms with van der Waals surface area (Å²) in [7, 11) is 0. The van der Waals surface area contributed by atoms with Crippen LogP contribution in [-0.2, 0) is 10.6 Å². The van der Waals surface area contributed by atoms with Crippen LogP contribution in [0.25, 0.3) is 0 Å². The van der Waals surface area contributed by atoms with Gasteiger partial charge in [0.1, 0.15) is 5.75 Å². The molecule has 1 fully saturated rings. The van der Waals surface area contributed by atoms with Gasteiger partial charge in [-0.05, 0) is 43.4 Å². The Labute approximate surface area is 108 Å². The van der Waals surface area contributed by atoms with Gasteiger partial charge in [0.25, 0.3) is 0 Å². The van der Waals surface area contributed by atoms with Crippen LogP contribution in [0.15, 0.2) is 24.3 Å². The molecule has 1 aliphatic rings. The SMILES string of the molecule is ClCc1cccc(OCCCC2CCCO2)c1. The van der Waals surface area contributed by atoms with Crippen molar-refractivity contribution in [1.29, 1.82) is 0 Å². The molecule has 94 valence electrons. The normalized spacial score (nSPS) is 19.5. The molecule has 0 bridgehead atoms. The number of ether oxygens (including phenoxy) is 2. The van der Waals surface area contributed by atoms with Gasteiger partial charge in [-0.15, -0.1) is 11.6 Å². The van der Waals surface area contributed by atoms with Crippen molar-refractivity contribution < 1.29 is 9.47 Å². The van der Waals surface area contributed by atoms with E-state index in [1.54, 1.807) is 0 Å². The van der Waals surface area contributed by atoms with E-state index in [-0.39, 0.29) is 0 Å². The molecular weight excluding hydrogens is 236 g/mol. The molecule has 2 rings (SSSR count). The van der Waals surface area contributed by atoms with E-state index >= 15 is 0 Å². The van der Waals surface area contributed by atoms with E-state index in [2.05, 4.69) is 0 Å². The lowest BCUT2D eigenvalue weighted by Crippen LogP contribution is -2.07. The molecule has 2 nitrogen and oxygen atoms in total. The summed E-state index contributed by atoms with van der Waals surface area (Å²) in [5.74, 6) is 1.45. The summed E-state index contributed by atoms with van der Waals surface area (Å²) in [6, 6.07) is 7.96. The summed E-state index contributed by atoms with van der Waals surface area (Å²) in [4.78, 5) is 0. The van der Waals surface area contributed by atoms with Gasteiger partial charge in [-0.3, -0.25) is 0 Å². The van der Waals surface area contributed by atoms with E-state index in [0.29, 0.717) is 12.0 Å². The zero-order chi connectivity index (χ0) is 11.9. The lowest BCUT2D eigenvalue weighted by atomic mass is 10.1. The van der Waals surface area contributed by atoms with Crippen molar-refractivity contribution in [3.63, 3.8) is 0 Å². The molecule has 0 N–H and O–H groups in total. The fraction of sp³-hybridized carbons (Fsp3) is 0.571. The van der Waals surface area contributed by atoms with Crippen LogP contribution in [0.3, 0.4) is 0 Å². The van der Waals surface area contributed by atoms with Crippen molar-refractivity contribution in [2.24, 2.45) is 0 Å². The Morgan fingerprint density at radius 3 is 3.12 bits per heavy atom. The van der Waals surface area contributed by atoms with Crippen molar-refractivity contribution in [2.75, 3.05) is 13.2 Å². The zero-order valence-electron chi connectivity index (χ0n) is 10.0. The average molecular weight is 255 g/mol. The highest BCUT2D eigenvalue weighted by molar-refractivity contribution is 6.17. The summed E-state index contributed by atoms with van der Waals surface area (Å²) >= 11 is 5.77. The molecule has 3 heteroatoms. The van der Waals surface area contributed by atoms with Crippen LogP contribution >= 0.6 is 11.6 Å². The topological polar surface area (TPSA) is 18.5 Å². The van der Waals surface area contributed by atoms with Gasteiger partial charge in [-0.2, -0.15) is 0 Å². The molecule has 1 saturated heterocycles. The van der Waals surface area contributed by atoms with Gasteiger partial charge in [-0.25, -0.2) is 0 Å². The third kappa shape index (κ3) is 4.21. The Morgan fingerprint density at radius 1 is 1.41 bits per heavy atom. The second kappa shape index (κ2) is 6.87. The number of rotatable bonds is 6. The highest BCUT2D eigenvalue weighted by atomic mass is 35.5. The first-order valence-corrected chi connectivity index (χ1v) is 6.81. The quantitative estimate of drug-likeness (QED) is 0.568. The average Bonchev–Trinajstić information content (AvgIpc) is 2.88. The van der Waals surface area contributed by atoms with Crippen molar-refractivity contribution in [2.45, 2.75) is 37.7 Å². The van der Waals surface area contributed by atoms with Crippen LogP contribution in [0, 0.1) is 0 Å². The maximum absolute atomic E-state index is 5.77. The van der Waals surface area contributed by atoms with Crippen molar-refractivity contribution in [3.05, 3.63) is 29.8 Å². The molecule has 1 aromatic rings. The van der Waals surface area contributed by atoms with Gasteiger partial charge in [0.05, 0.1) is 12.7 Å². The fourth-order valence-electron chi connectivity index (χ4n) is 2.09. The Hall–Kier alpha value is -0.730. The molecule has 1 heterocycles. The Kier molecular flexibility index (Phi) is 5.14. The molecule has 0 saturated carbocycles. The first kappa shape index (κ1) is 12.7. The van der Waals surface area contributed by atoms with E-state index in [1.807, 2.05) is 24.3 Å². The van der Waals surface area contributed by atoms with Crippen molar-refractivity contribution >= 4 is 11.6 Å². The monoisotopic (exact) mass is 254 g/mol. The number of hydrogen-bond donors (Lipinski definition) is 0. The Bertz CT molecular complexity index is 335. The van der Waals surface area contributed by atoms with Crippen LogP contribution in [0.2, 0.25) is 0 Å². The predicted octanol–water partition coefficient (Wildman–Crippen LogP) is 3.76. The Morgan fingerprint density at radius 2 is 2.35 bits per heavy atom. The van der Waals surface area contributed by atoms with Crippen molar-refractivity contribution in [3.8, 4) is 5.75 Å². The minimum absolute atomic E-state index is 0.466. The lowest BCUT2D eigenvalue weighted by molar-refractivity contribution is 0.0981. The Balaban J connectivity index is 1.66. The second-order valence-corrected chi connectivity index (χ2v) is 4.67. The smallest absolute Gasteiger partial charge is 0.119 e. The fourth-order valence-corrected chi connectivity index (χ4v) is 2.26. The number of hydrogen-bond acceptors (Lipinski definition) is 2. The summed E-state index contributed by atoms with van der Waals surface area (Å²) in [5.41, 5.74) is 1.10. The molecule has 1 unspecified atom stereocenters. The minimum atomic E-state index is 0.466. The van der Waals surface area contributed by atoms with Crippen LogP contribution in [0.5, 0.6) is 5.75 Å². The lowest BCUT2D eigenvalue weighted by Gasteiger charge is -2.10. The molecular formula is C14H19ClO2. The highest BCUT2D eigenvalue weighted by Crippen LogP contribution is 2.18. The van der Waals surface area contributed by atoms with Crippen molar-refractivity contribution in [1.82, 2.24) is 0 Å². The maximum Gasteiger partial charge on any atom is 0.119 e. The zero-order valence-corrected chi connectivity index (χ0v) is 10.8. The molecule has 0 spiro atoms. The van der Waals surface area contributed by atoms with Gasteiger partial charge in [0, 0.05) is 12.5 Å². The molecule has 1 aromatic carbocycles. The third-order valence-electron chi connectivity index (χ3n) is 3.02. The minimum Gasteiger partial charge on any atom is -0.494 e. The van der Waals surface area contributed by atoms with Gasteiger partial charge < -0.3 is 9.47 Å². The molecule has 17 heavy (non-hydrogen) atoms. The first-order chi connectivity index (χ1) is 8.38. The molecule has 0 aliphatic carbocycles. The second-order valence-electron chi connectivity index (χ2n) is 4.41. The number of alkyl halides is 1. The van der Waals surface area contributed by atoms with Gasteiger partial charge in [-0.1, -0.05) is 12.1 Å². The summed E-state index contributed by atoms with van der Waals surface area (Å²) in [6.07, 6.45) is 5.04. The maximum atomic E-state index is 5.77. The first-order valence-electron chi connectivity index (χ1n) is 6.28. The van der Waals surface area contributed by atoms with E-state index in [4.69, 9.17) is 21.1 Å². The predicted molar refractivity (Wildman–Crippen MR) is 69.7 cm³/mol. The van der Waals surface area contributed by atoms with Crippen LogP contribution in [0.4, 0.5) is 0 Å². The molecule has 1 aliphatic heterocycles. The molecule has 0 aromatic heterocycles. The summed E-state index contributed by atoms with van der Waals surface area (Å²) in [5, 5.41) is 0. The number of benzene rings is 1. The van der Waals surface area contributed by atoms with Gasteiger partial charge >= 0.3 is 0 Å². The highest BCUT2D eigenvalue weighted by Gasteiger charge is 2.14. The number of halogens is 1. The van der Waals surface area contributed by atoms with Gasteiger partial charge in [0.15, 0.2) is 0 Å². The largest absolute Gasteiger partial charge is 0.494 e. The summed E-state index contributed by atoms with van der Waals surface area (Å²) in [6.45, 7) is 1.69. The van der Waals surface area contributed by atoms with Crippen LogP contribution in [-0.4, -0.2) is 19.3 Å². The summed E-state index contributed by atoms with van der Waals surface area (Å²) < 4.78 is 11.3. The molecule has 0 amide bonds. The van der Waals surface area contributed by atoms with E-state index in [0.717, 1.165) is 37.4 Å². The standard InChI is InChI=1S/C14H19ClO2/c15-11-12-4-1-5-14(10-12)17-9-3-7-13-6-2-8-16-13/h1,4-5,10,13H,2-3,6-9,11H2. The van der Waals surface area contributed by atoms with Gasteiger partial charge in [0.2, 0.25) is 0 Å². The third-order valence-corrected chi connectivity index (χ3v) is 3.32. The molecule has 0 radical (unpaired) electrons. The van der Waals surface area contributed by atoms with Crippen LogP contribution < -0.4 is 4.74 Å². The van der Waals surface area contributed by atoms with E-state index in [9.17, 15) is 0 Å². The van der Waals surface area contributed by atoms with E-state index in [1.165, 1.54) is 12.8 Å². The van der Waals surface area contributed by atoms with Crippen LogP contribution in [0.1, 0.15) is 31.2 Å². The van der Waals surface area contributed by atoms with E-state index < -0.39 is 0 Å².